The molecule has 0 aliphatic heterocycles. The standard InChI is InChI=1S/C26H37F3N7O5P/c1-7-12-39-24(37)25(4,5)34-42(38,35(6)18(3)19-8-10-20(11-9-19)41-26(27,28)29)16-40-17(2)13-36-15-33-21-22(30)31-14-32-23(21)36/h8-11,14-15,17-18H,7,12-13,16H2,1-6H3,(H,34,38)(H2,30,31,32)/t17-,18+,42?/m0/s1. The molecular formula is C26H37F3N7O5P. The van der Waals surface area contributed by atoms with Crippen LogP contribution in [0.1, 0.15) is 52.6 Å². The highest BCUT2D eigenvalue weighted by atomic mass is 31.2. The maximum Gasteiger partial charge on any atom is 0.573 e. The minimum atomic E-state index is -4.82. The molecule has 0 bridgehead atoms. The summed E-state index contributed by atoms with van der Waals surface area (Å²) in [6.07, 6.45) is -2.11. The van der Waals surface area contributed by atoms with Gasteiger partial charge in [0.25, 0.3) is 0 Å². The molecule has 1 unspecified atom stereocenters. The molecule has 0 spiro atoms. The van der Waals surface area contributed by atoms with Crippen LogP contribution >= 0.6 is 7.44 Å². The third kappa shape index (κ3) is 8.40. The molecule has 0 amide bonds. The van der Waals surface area contributed by atoms with Crippen LogP contribution in [0.25, 0.3) is 11.2 Å². The second-order valence-electron chi connectivity index (χ2n) is 10.4. The van der Waals surface area contributed by atoms with Crippen molar-refractivity contribution in [1.29, 1.82) is 0 Å². The van der Waals surface area contributed by atoms with Crippen LogP contribution in [-0.4, -0.2) is 68.2 Å². The van der Waals surface area contributed by atoms with Gasteiger partial charge in [0.15, 0.2) is 11.5 Å². The van der Waals surface area contributed by atoms with Crippen molar-refractivity contribution in [3.05, 3.63) is 42.5 Å². The Morgan fingerprint density at radius 2 is 1.83 bits per heavy atom. The number of ether oxygens (including phenoxy) is 3. The van der Waals surface area contributed by atoms with Gasteiger partial charge in [0.1, 0.15) is 29.5 Å². The molecule has 232 valence electrons. The van der Waals surface area contributed by atoms with E-state index in [1.807, 2.05) is 6.92 Å². The number of nitrogens with zero attached hydrogens (tertiary/aromatic N) is 5. The van der Waals surface area contributed by atoms with E-state index in [0.29, 0.717) is 29.7 Å². The van der Waals surface area contributed by atoms with Crippen molar-refractivity contribution in [2.24, 2.45) is 0 Å². The summed E-state index contributed by atoms with van der Waals surface area (Å²) in [4.78, 5) is 25.2. The van der Waals surface area contributed by atoms with E-state index < -0.39 is 37.5 Å². The van der Waals surface area contributed by atoms with E-state index in [4.69, 9.17) is 15.2 Å². The fourth-order valence-corrected chi connectivity index (χ4v) is 6.61. The highest BCUT2D eigenvalue weighted by Gasteiger charge is 2.42. The van der Waals surface area contributed by atoms with Crippen LogP contribution in [0.3, 0.4) is 0 Å². The van der Waals surface area contributed by atoms with Crippen LogP contribution in [-0.2, 0) is 25.4 Å². The van der Waals surface area contributed by atoms with E-state index in [9.17, 15) is 22.5 Å². The fraction of sp³-hybridized carbons (Fsp3) is 0.538. The molecule has 42 heavy (non-hydrogen) atoms. The lowest BCUT2D eigenvalue weighted by molar-refractivity contribution is -0.274. The Balaban J connectivity index is 1.82. The van der Waals surface area contributed by atoms with Crippen molar-refractivity contribution < 1.29 is 36.7 Å². The Morgan fingerprint density at radius 3 is 2.45 bits per heavy atom. The molecule has 0 saturated heterocycles. The molecular weight excluding hydrogens is 578 g/mol. The van der Waals surface area contributed by atoms with Crippen LogP contribution in [0, 0.1) is 0 Å². The summed E-state index contributed by atoms with van der Waals surface area (Å²) in [6.45, 7) is 9.00. The van der Waals surface area contributed by atoms with E-state index in [1.165, 1.54) is 35.3 Å². The number of rotatable bonds is 14. The molecule has 0 aliphatic carbocycles. The number of carbonyl (C=O) groups excluding carboxylic acids is 1. The van der Waals surface area contributed by atoms with Crippen molar-refractivity contribution in [1.82, 2.24) is 29.3 Å². The molecule has 2 aromatic heterocycles. The predicted octanol–water partition coefficient (Wildman–Crippen LogP) is 4.88. The third-order valence-corrected chi connectivity index (χ3v) is 9.26. The highest BCUT2D eigenvalue weighted by molar-refractivity contribution is 7.59. The Labute approximate surface area is 242 Å². The second kappa shape index (κ2) is 13.4. The maximum atomic E-state index is 14.6. The summed E-state index contributed by atoms with van der Waals surface area (Å²) in [5.41, 5.74) is 6.04. The zero-order valence-corrected chi connectivity index (χ0v) is 25.3. The molecule has 1 aromatic carbocycles. The van der Waals surface area contributed by atoms with Gasteiger partial charge >= 0.3 is 12.3 Å². The molecule has 0 aliphatic rings. The normalized spacial score (nSPS) is 15.4. The van der Waals surface area contributed by atoms with E-state index in [1.54, 1.807) is 45.6 Å². The first kappa shape index (κ1) is 33.2. The van der Waals surface area contributed by atoms with Gasteiger partial charge in [0, 0.05) is 6.04 Å². The molecule has 16 heteroatoms. The number of aromatic nitrogens is 4. The minimum absolute atomic E-state index is 0.202. The van der Waals surface area contributed by atoms with Gasteiger partial charge < -0.3 is 24.5 Å². The Morgan fingerprint density at radius 1 is 1.17 bits per heavy atom. The Hall–Kier alpha value is -3.26. The summed E-state index contributed by atoms with van der Waals surface area (Å²) in [5.74, 6) is -0.722. The number of anilines is 1. The van der Waals surface area contributed by atoms with Crippen LogP contribution in [0.2, 0.25) is 0 Å². The summed E-state index contributed by atoms with van der Waals surface area (Å²) < 4.78 is 71.0. The summed E-state index contributed by atoms with van der Waals surface area (Å²) in [6, 6.07) is 4.70. The topological polar surface area (TPSA) is 147 Å². The lowest BCUT2D eigenvalue weighted by Crippen LogP contribution is -2.49. The highest BCUT2D eigenvalue weighted by Crippen LogP contribution is 2.51. The lowest BCUT2D eigenvalue weighted by Gasteiger charge is -2.38. The lowest BCUT2D eigenvalue weighted by atomic mass is 10.1. The van der Waals surface area contributed by atoms with E-state index in [2.05, 4.69) is 24.8 Å². The van der Waals surface area contributed by atoms with Crippen molar-refractivity contribution in [3.8, 4) is 5.75 Å². The number of nitrogens with two attached hydrogens (primary N) is 1. The molecule has 0 fully saturated rings. The average Bonchev–Trinajstić information content (AvgIpc) is 3.32. The predicted molar refractivity (Wildman–Crippen MR) is 151 cm³/mol. The number of hydrogen-bond donors (Lipinski definition) is 2. The fourth-order valence-electron chi connectivity index (χ4n) is 4.09. The molecule has 3 N–H and O–H groups in total. The van der Waals surface area contributed by atoms with Crippen molar-refractivity contribution in [2.75, 3.05) is 25.7 Å². The number of hydrogen-bond acceptors (Lipinski definition) is 9. The quantitative estimate of drug-likeness (QED) is 0.189. The molecule has 0 radical (unpaired) electrons. The molecule has 3 atom stereocenters. The smallest absolute Gasteiger partial charge is 0.464 e. The summed E-state index contributed by atoms with van der Waals surface area (Å²) >= 11 is 0. The van der Waals surface area contributed by atoms with Gasteiger partial charge in [-0.3, -0.25) is 9.36 Å². The van der Waals surface area contributed by atoms with E-state index in [0.717, 1.165) is 0 Å². The monoisotopic (exact) mass is 615 g/mol. The van der Waals surface area contributed by atoms with Gasteiger partial charge in [-0.25, -0.2) is 24.7 Å². The summed E-state index contributed by atoms with van der Waals surface area (Å²) in [7, 11) is -2.12. The SMILES string of the molecule is CCCOC(=O)C(C)(C)NP(=O)(CO[C@@H](C)Cn1cnc2c(N)ncnc21)N(C)[C@H](C)c1ccc(OC(F)(F)F)cc1. The zero-order chi connectivity index (χ0) is 31.3. The van der Waals surface area contributed by atoms with Gasteiger partial charge in [-0.1, -0.05) is 19.1 Å². The number of esters is 1. The zero-order valence-electron chi connectivity index (χ0n) is 24.4. The maximum absolute atomic E-state index is 14.6. The number of imidazole rings is 1. The summed E-state index contributed by atoms with van der Waals surface area (Å²) in [5, 5.41) is 2.97. The number of alkyl halides is 3. The van der Waals surface area contributed by atoms with Gasteiger partial charge in [-0.05, 0) is 58.9 Å². The Bertz CT molecular complexity index is 1400. The van der Waals surface area contributed by atoms with Crippen LogP contribution < -0.4 is 15.6 Å². The van der Waals surface area contributed by atoms with Crippen molar-refractivity contribution in [2.45, 2.75) is 71.6 Å². The van der Waals surface area contributed by atoms with Crippen LogP contribution in [0.5, 0.6) is 5.75 Å². The molecule has 3 rings (SSSR count). The van der Waals surface area contributed by atoms with Gasteiger partial charge in [-0.2, -0.15) is 0 Å². The molecule has 3 aromatic rings. The number of halogens is 3. The first-order valence-electron chi connectivity index (χ1n) is 13.2. The van der Waals surface area contributed by atoms with E-state index in [-0.39, 0.29) is 24.5 Å². The van der Waals surface area contributed by atoms with Crippen LogP contribution in [0.15, 0.2) is 36.9 Å². The molecule has 2 heterocycles. The average molecular weight is 616 g/mol. The van der Waals surface area contributed by atoms with Crippen molar-refractivity contribution >= 4 is 30.4 Å². The van der Waals surface area contributed by atoms with Gasteiger partial charge in [-0.15, -0.1) is 13.2 Å². The van der Waals surface area contributed by atoms with Crippen molar-refractivity contribution in [3.63, 3.8) is 0 Å². The second-order valence-corrected chi connectivity index (χ2v) is 12.9. The third-order valence-electron chi connectivity index (χ3n) is 6.49. The van der Waals surface area contributed by atoms with E-state index >= 15 is 0 Å². The molecule has 12 nitrogen and oxygen atoms in total. The first-order chi connectivity index (χ1) is 19.6. The number of carbonyl (C=O) groups is 1. The number of nitrogen functional groups attached to an aromatic ring is 1. The minimum Gasteiger partial charge on any atom is -0.464 e. The van der Waals surface area contributed by atoms with Gasteiger partial charge in [0.2, 0.25) is 7.44 Å². The van der Waals surface area contributed by atoms with Crippen LogP contribution in [0.4, 0.5) is 19.0 Å². The number of fused-ring (bicyclic) bond motifs is 1. The molecule has 0 saturated carbocycles. The van der Waals surface area contributed by atoms with Gasteiger partial charge in [0.05, 0.1) is 25.6 Å². The number of benzene rings is 1. The number of nitrogens with one attached hydrogen (secondary N) is 1. The first-order valence-corrected chi connectivity index (χ1v) is 15.1. The largest absolute Gasteiger partial charge is 0.573 e. The Kier molecular flexibility index (Phi) is 10.6.